The molecule has 0 spiro atoms. The molecule has 2 aromatic carbocycles. The number of methoxy groups -OCH3 is 1. The van der Waals surface area contributed by atoms with E-state index >= 15 is 0 Å². The van der Waals surface area contributed by atoms with Gasteiger partial charge in [-0.05, 0) is 55.0 Å². The van der Waals surface area contributed by atoms with Crippen molar-refractivity contribution in [3.8, 4) is 5.75 Å². The zero-order valence-electron chi connectivity index (χ0n) is 14.6. The van der Waals surface area contributed by atoms with E-state index in [-0.39, 0.29) is 5.91 Å². The van der Waals surface area contributed by atoms with Crippen LogP contribution in [0.1, 0.15) is 46.7 Å². The summed E-state index contributed by atoms with van der Waals surface area (Å²) in [5.41, 5.74) is 10.0. The van der Waals surface area contributed by atoms with E-state index < -0.39 is 0 Å². The summed E-state index contributed by atoms with van der Waals surface area (Å²) < 4.78 is 5.20. The van der Waals surface area contributed by atoms with Crippen LogP contribution in [0.3, 0.4) is 0 Å². The van der Waals surface area contributed by atoms with Gasteiger partial charge in [-0.2, -0.15) is 0 Å². The number of benzene rings is 2. The number of fused-ring (bicyclic) bond motifs is 3. The fraction of sp³-hybridized carbons (Fsp3) is 0.381. The smallest absolute Gasteiger partial charge is 0.254 e. The highest BCUT2D eigenvalue weighted by Crippen LogP contribution is 2.41. The summed E-state index contributed by atoms with van der Waals surface area (Å²) in [6.45, 7) is 0.827. The molecule has 2 atom stereocenters. The SMILES string of the molecule is COc1ccc(C(=O)N2CCC[C@@H]3c4ccccc4CC[C@@H]32)cc1N. The number of nitrogen functional groups attached to an aromatic ring is 1. The van der Waals surface area contributed by atoms with Gasteiger partial charge in [-0.25, -0.2) is 0 Å². The molecule has 2 aliphatic rings. The molecule has 4 rings (SSSR count). The largest absolute Gasteiger partial charge is 0.495 e. The Morgan fingerprint density at radius 1 is 1.20 bits per heavy atom. The Balaban J connectivity index is 1.63. The number of rotatable bonds is 2. The van der Waals surface area contributed by atoms with Gasteiger partial charge in [-0.1, -0.05) is 24.3 Å². The van der Waals surface area contributed by atoms with E-state index in [2.05, 4.69) is 29.2 Å². The van der Waals surface area contributed by atoms with Gasteiger partial charge >= 0.3 is 0 Å². The van der Waals surface area contributed by atoms with Crippen molar-refractivity contribution in [1.29, 1.82) is 0 Å². The summed E-state index contributed by atoms with van der Waals surface area (Å²) in [5.74, 6) is 1.15. The number of likely N-dealkylation sites (tertiary alicyclic amines) is 1. The molecule has 0 bridgehead atoms. The van der Waals surface area contributed by atoms with E-state index in [1.165, 1.54) is 11.1 Å². The van der Waals surface area contributed by atoms with E-state index in [1.807, 2.05) is 6.07 Å². The third kappa shape index (κ3) is 2.76. The standard InChI is InChI=1S/C21H24N2O2/c1-25-20-11-9-15(13-18(20)22)21(24)23-12-4-7-17-16-6-3-2-5-14(16)8-10-19(17)23/h2-3,5-6,9,11,13,17,19H,4,7-8,10,12,22H2,1H3/t17-,19+/m1/s1. The van der Waals surface area contributed by atoms with Crippen LogP contribution in [0.15, 0.2) is 42.5 Å². The van der Waals surface area contributed by atoms with Gasteiger partial charge < -0.3 is 15.4 Å². The van der Waals surface area contributed by atoms with Gasteiger partial charge in [-0.15, -0.1) is 0 Å². The molecule has 4 heteroatoms. The Kier molecular flexibility index (Phi) is 4.12. The molecule has 4 nitrogen and oxygen atoms in total. The first kappa shape index (κ1) is 16.0. The van der Waals surface area contributed by atoms with Gasteiger partial charge in [0.05, 0.1) is 12.8 Å². The maximum atomic E-state index is 13.1. The van der Waals surface area contributed by atoms with E-state index in [4.69, 9.17) is 10.5 Å². The Labute approximate surface area is 148 Å². The number of carbonyl (C=O) groups excluding carboxylic acids is 1. The van der Waals surface area contributed by atoms with Gasteiger partial charge in [0.1, 0.15) is 5.75 Å². The molecule has 1 saturated heterocycles. The molecule has 25 heavy (non-hydrogen) atoms. The van der Waals surface area contributed by atoms with Crippen molar-refractivity contribution < 1.29 is 9.53 Å². The quantitative estimate of drug-likeness (QED) is 0.852. The Hall–Kier alpha value is -2.49. The first-order valence-corrected chi connectivity index (χ1v) is 9.01. The summed E-state index contributed by atoms with van der Waals surface area (Å²) in [5, 5.41) is 0. The van der Waals surface area contributed by atoms with Crippen molar-refractivity contribution in [2.24, 2.45) is 0 Å². The molecule has 1 amide bonds. The number of carbonyl (C=O) groups is 1. The summed E-state index contributed by atoms with van der Waals surface area (Å²) in [7, 11) is 1.59. The Morgan fingerprint density at radius 2 is 2.04 bits per heavy atom. The van der Waals surface area contributed by atoms with Crippen LogP contribution in [0.2, 0.25) is 0 Å². The second-order valence-electron chi connectivity index (χ2n) is 7.01. The minimum Gasteiger partial charge on any atom is -0.495 e. The van der Waals surface area contributed by atoms with E-state index in [1.54, 1.807) is 19.2 Å². The monoisotopic (exact) mass is 336 g/mol. The van der Waals surface area contributed by atoms with Crippen LogP contribution in [0.4, 0.5) is 5.69 Å². The number of hydrogen-bond acceptors (Lipinski definition) is 3. The van der Waals surface area contributed by atoms with Crippen LogP contribution in [-0.2, 0) is 6.42 Å². The number of amides is 1. The molecule has 1 aliphatic heterocycles. The van der Waals surface area contributed by atoms with Crippen molar-refractivity contribution in [3.05, 3.63) is 59.2 Å². The maximum Gasteiger partial charge on any atom is 0.254 e. The second-order valence-corrected chi connectivity index (χ2v) is 7.01. The van der Waals surface area contributed by atoms with Gasteiger partial charge in [0.25, 0.3) is 5.91 Å². The molecular weight excluding hydrogens is 312 g/mol. The molecule has 2 aromatic rings. The van der Waals surface area contributed by atoms with Crippen LogP contribution < -0.4 is 10.5 Å². The number of hydrogen-bond donors (Lipinski definition) is 1. The van der Waals surface area contributed by atoms with Gasteiger partial charge in [-0.3, -0.25) is 4.79 Å². The summed E-state index contributed by atoms with van der Waals surface area (Å²) >= 11 is 0. The number of piperidine rings is 1. The number of aryl methyl sites for hydroxylation is 1. The molecular formula is C21H24N2O2. The van der Waals surface area contributed by atoms with Crippen LogP contribution in [0.5, 0.6) is 5.75 Å². The minimum atomic E-state index is 0.0865. The van der Waals surface area contributed by atoms with Gasteiger partial charge in [0, 0.05) is 24.1 Å². The minimum absolute atomic E-state index is 0.0865. The predicted molar refractivity (Wildman–Crippen MR) is 99.0 cm³/mol. The van der Waals surface area contributed by atoms with Crippen LogP contribution >= 0.6 is 0 Å². The Morgan fingerprint density at radius 3 is 2.84 bits per heavy atom. The van der Waals surface area contributed by atoms with Crippen LogP contribution in [0.25, 0.3) is 0 Å². The van der Waals surface area contributed by atoms with Crippen molar-refractivity contribution in [2.45, 2.75) is 37.6 Å². The zero-order chi connectivity index (χ0) is 17.4. The van der Waals surface area contributed by atoms with Gasteiger partial charge in [0.2, 0.25) is 0 Å². The Bertz CT molecular complexity index is 802. The lowest BCUT2D eigenvalue weighted by molar-refractivity contribution is 0.0547. The molecule has 2 N–H and O–H groups in total. The van der Waals surface area contributed by atoms with Crippen molar-refractivity contribution >= 4 is 11.6 Å². The molecule has 0 radical (unpaired) electrons. The van der Waals surface area contributed by atoms with Crippen molar-refractivity contribution in [1.82, 2.24) is 4.90 Å². The molecule has 0 saturated carbocycles. The topological polar surface area (TPSA) is 55.6 Å². The highest BCUT2D eigenvalue weighted by Gasteiger charge is 2.38. The predicted octanol–water partition coefficient (Wildman–Crippen LogP) is 3.61. The van der Waals surface area contributed by atoms with Crippen LogP contribution in [-0.4, -0.2) is 30.5 Å². The lowest BCUT2D eigenvalue weighted by Gasteiger charge is -2.45. The lowest BCUT2D eigenvalue weighted by Crippen LogP contribution is -2.49. The number of nitrogens with two attached hydrogens (primary N) is 1. The molecule has 0 unspecified atom stereocenters. The van der Waals surface area contributed by atoms with Crippen molar-refractivity contribution in [3.63, 3.8) is 0 Å². The average Bonchev–Trinajstić information content (AvgIpc) is 2.66. The van der Waals surface area contributed by atoms with E-state index in [0.29, 0.717) is 29.0 Å². The molecule has 0 aromatic heterocycles. The van der Waals surface area contributed by atoms with Gasteiger partial charge in [0.15, 0.2) is 0 Å². The number of ether oxygens (including phenoxy) is 1. The maximum absolute atomic E-state index is 13.1. The fourth-order valence-corrected chi connectivity index (χ4v) is 4.49. The number of nitrogens with zero attached hydrogens (tertiary/aromatic N) is 1. The highest BCUT2D eigenvalue weighted by molar-refractivity contribution is 5.96. The summed E-state index contributed by atoms with van der Waals surface area (Å²) in [6.07, 6.45) is 4.30. The van der Waals surface area contributed by atoms with Crippen LogP contribution in [0, 0.1) is 0 Å². The third-order valence-electron chi connectivity index (χ3n) is 5.68. The van der Waals surface area contributed by atoms with E-state index in [0.717, 1.165) is 32.2 Å². The highest BCUT2D eigenvalue weighted by atomic mass is 16.5. The second kappa shape index (κ2) is 6.43. The number of anilines is 1. The lowest BCUT2D eigenvalue weighted by atomic mass is 9.74. The summed E-state index contributed by atoms with van der Waals surface area (Å²) in [6, 6.07) is 14.3. The molecule has 130 valence electrons. The fourth-order valence-electron chi connectivity index (χ4n) is 4.49. The van der Waals surface area contributed by atoms with Crippen molar-refractivity contribution in [2.75, 3.05) is 19.4 Å². The first-order chi connectivity index (χ1) is 12.2. The molecule has 1 heterocycles. The van der Waals surface area contributed by atoms with E-state index in [9.17, 15) is 4.79 Å². The molecule has 1 fully saturated rings. The average molecular weight is 336 g/mol. The summed E-state index contributed by atoms with van der Waals surface area (Å²) in [4.78, 5) is 15.2. The zero-order valence-corrected chi connectivity index (χ0v) is 14.6. The first-order valence-electron chi connectivity index (χ1n) is 9.01. The molecule has 1 aliphatic carbocycles. The normalized spacial score (nSPS) is 22.0. The third-order valence-corrected chi connectivity index (χ3v) is 5.68.